The molecule has 1 unspecified atom stereocenters. The molecule has 1 amide bonds. The Kier molecular flexibility index (Phi) is 12.2. The molecule has 2 rings (SSSR count). The fourth-order valence-corrected chi connectivity index (χ4v) is 3.21. The van der Waals surface area contributed by atoms with Gasteiger partial charge in [0.15, 0.2) is 5.78 Å². The molecule has 0 radical (unpaired) electrons. The molecule has 0 bridgehead atoms. The number of ketones is 3. The number of amides is 1. The Morgan fingerprint density at radius 3 is 2.03 bits per heavy atom. The molecule has 37 heavy (non-hydrogen) atoms. The third-order valence-electron chi connectivity index (χ3n) is 5.57. The van der Waals surface area contributed by atoms with Gasteiger partial charge in [-0.05, 0) is 31.2 Å². The van der Waals surface area contributed by atoms with Gasteiger partial charge >= 0.3 is 0 Å². The first kappa shape index (κ1) is 29.9. The number of carbonyl (C=O) groups excluding carboxylic acids is 4. The molecular formula is C28H37N3O6. The van der Waals surface area contributed by atoms with Crippen LogP contribution in [0.2, 0.25) is 0 Å². The number of pyridine rings is 2. The molecule has 0 saturated heterocycles. The molecule has 200 valence electrons. The summed E-state index contributed by atoms with van der Waals surface area (Å²) in [5.74, 6) is -0.433. The second kappa shape index (κ2) is 15.1. The molecule has 0 spiro atoms. The minimum atomic E-state index is -0.469. The fourth-order valence-electron chi connectivity index (χ4n) is 3.21. The maximum Gasteiger partial charge on any atom is 0.253 e. The van der Waals surface area contributed by atoms with E-state index >= 15 is 0 Å². The normalized spacial score (nSPS) is 12.0. The van der Waals surface area contributed by atoms with Crippen molar-refractivity contribution in [1.82, 2.24) is 15.3 Å². The van der Waals surface area contributed by atoms with Crippen LogP contribution < -0.4 is 5.32 Å². The van der Waals surface area contributed by atoms with Gasteiger partial charge in [0.2, 0.25) is 0 Å². The summed E-state index contributed by atoms with van der Waals surface area (Å²) < 4.78 is 11.2. The van der Waals surface area contributed by atoms with E-state index in [0.29, 0.717) is 23.4 Å². The van der Waals surface area contributed by atoms with Crippen LogP contribution in [0.1, 0.15) is 68.3 Å². The second-order valence-corrected chi connectivity index (χ2v) is 9.53. The standard InChI is InChI=1S/C28H37N3O6/c1-18(2)26(33)11-13-37-17-23(16-36-12-10-20(5)32)31-28(35)22-7-8-24(29-15-22)21-6-9-25(30-14-21)27(34)19(3)4/h6-9,14-15,18-19,23H,10-13,16-17H2,1-5H3,(H,31,35). The predicted molar refractivity (Wildman–Crippen MR) is 139 cm³/mol. The highest BCUT2D eigenvalue weighted by molar-refractivity contribution is 5.96. The van der Waals surface area contributed by atoms with E-state index < -0.39 is 6.04 Å². The first-order valence-electron chi connectivity index (χ1n) is 12.5. The van der Waals surface area contributed by atoms with E-state index in [1.165, 1.54) is 13.1 Å². The third-order valence-corrected chi connectivity index (χ3v) is 5.57. The highest BCUT2D eigenvalue weighted by Gasteiger charge is 2.17. The van der Waals surface area contributed by atoms with Crippen molar-refractivity contribution in [2.75, 3.05) is 26.4 Å². The summed E-state index contributed by atoms with van der Waals surface area (Å²) >= 11 is 0. The fraction of sp³-hybridized carbons (Fsp3) is 0.500. The van der Waals surface area contributed by atoms with Crippen molar-refractivity contribution in [1.29, 1.82) is 0 Å². The molecule has 1 N–H and O–H groups in total. The molecule has 0 fully saturated rings. The highest BCUT2D eigenvalue weighted by atomic mass is 16.5. The van der Waals surface area contributed by atoms with Gasteiger partial charge in [-0.3, -0.25) is 29.1 Å². The van der Waals surface area contributed by atoms with E-state index in [0.717, 1.165) is 5.56 Å². The summed E-state index contributed by atoms with van der Waals surface area (Å²) in [4.78, 5) is 56.5. The smallest absolute Gasteiger partial charge is 0.253 e. The van der Waals surface area contributed by atoms with Crippen molar-refractivity contribution >= 4 is 23.3 Å². The minimum Gasteiger partial charge on any atom is -0.379 e. The molecule has 0 aliphatic rings. The number of Topliss-reactive ketones (excluding diaryl/α,β-unsaturated/α-hetero) is 3. The quantitative estimate of drug-likeness (QED) is 0.267. The Balaban J connectivity index is 1.98. The van der Waals surface area contributed by atoms with Crippen LogP contribution in [0.15, 0.2) is 36.7 Å². The lowest BCUT2D eigenvalue weighted by Crippen LogP contribution is -2.42. The van der Waals surface area contributed by atoms with Crippen molar-refractivity contribution in [3.05, 3.63) is 47.9 Å². The van der Waals surface area contributed by atoms with Crippen molar-refractivity contribution < 1.29 is 28.7 Å². The van der Waals surface area contributed by atoms with Crippen LogP contribution in [0.3, 0.4) is 0 Å². The summed E-state index contributed by atoms with van der Waals surface area (Å²) in [5.41, 5.74) is 2.11. The van der Waals surface area contributed by atoms with E-state index in [1.807, 2.05) is 27.7 Å². The zero-order valence-electron chi connectivity index (χ0n) is 22.3. The van der Waals surface area contributed by atoms with Gasteiger partial charge in [-0.15, -0.1) is 0 Å². The maximum absolute atomic E-state index is 12.8. The number of hydrogen-bond acceptors (Lipinski definition) is 8. The van der Waals surface area contributed by atoms with Gasteiger partial charge in [0.1, 0.15) is 17.3 Å². The molecule has 0 saturated carbocycles. The molecule has 2 aromatic heterocycles. The Labute approximate surface area is 218 Å². The summed E-state index contributed by atoms with van der Waals surface area (Å²) in [7, 11) is 0. The Morgan fingerprint density at radius 1 is 0.838 bits per heavy atom. The summed E-state index contributed by atoms with van der Waals surface area (Å²) in [6.07, 6.45) is 3.65. The topological polar surface area (TPSA) is 125 Å². The second-order valence-electron chi connectivity index (χ2n) is 9.53. The lowest BCUT2D eigenvalue weighted by atomic mass is 10.0. The zero-order valence-corrected chi connectivity index (χ0v) is 22.3. The molecular weight excluding hydrogens is 474 g/mol. The van der Waals surface area contributed by atoms with E-state index in [-0.39, 0.29) is 67.9 Å². The van der Waals surface area contributed by atoms with Crippen molar-refractivity contribution in [3.8, 4) is 11.3 Å². The van der Waals surface area contributed by atoms with Crippen molar-refractivity contribution in [2.24, 2.45) is 11.8 Å². The van der Waals surface area contributed by atoms with Crippen LogP contribution in [0.25, 0.3) is 11.3 Å². The van der Waals surface area contributed by atoms with Gasteiger partial charge in [0.25, 0.3) is 5.91 Å². The van der Waals surface area contributed by atoms with Crippen LogP contribution in [-0.4, -0.2) is 65.7 Å². The molecule has 2 heterocycles. The number of nitrogens with one attached hydrogen (secondary N) is 1. The molecule has 1 atom stereocenters. The van der Waals surface area contributed by atoms with Gasteiger partial charge in [-0.2, -0.15) is 0 Å². The molecule has 2 aromatic rings. The molecule has 0 aliphatic carbocycles. The average molecular weight is 512 g/mol. The van der Waals surface area contributed by atoms with E-state index in [9.17, 15) is 19.2 Å². The van der Waals surface area contributed by atoms with Gasteiger partial charge in [0.05, 0.1) is 43.7 Å². The van der Waals surface area contributed by atoms with Gasteiger partial charge < -0.3 is 14.8 Å². The van der Waals surface area contributed by atoms with Crippen LogP contribution in [0.5, 0.6) is 0 Å². The van der Waals surface area contributed by atoms with Gasteiger partial charge in [-0.1, -0.05) is 27.7 Å². The molecule has 0 aliphatic heterocycles. The first-order valence-corrected chi connectivity index (χ1v) is 12.5. The SMILES string of the molecule is CC(=O)CCOCC(COCCC(=O)C(C)C)NC(=O)c1ccc(-c2ccc(C(=O)C(C)C)nc2)nc1. The number of hydrogen-bond donors (Lipinski definition) is 1. The first-order chi connectivity index (χ1) is 17.6. The largest absolute Gasteiger partial charge is 0.379 e. The van der Waals surface area contributed by atoms with Crippen LogP contribution in [-0.2, 0) is 19.1 Å². The van der Waals surface area contributed by atoms with Crippen molar-refractivity contribution in [3.63, 3.8) is 0 Å². The lowest BCUT2D eigenvalue weighted by molar-refractivity contribution is -0.123. The summed E-state index contributed by atoms with van der Waals surface area (Å²) in [5, 5.41) is 2.87. The van der Waals surface area contributed by atoms with Crippen LogP contribution in [0, 0.1) is 11.8 Å². The minimum absolute atomic E-state index is 0.0200. The number of carbonyl (C=O) groups is 4. The average Bonchev–Trinajstić information content (AvgIpc) is 2.88. The summed E-state index contributed by atoms with van der Waals surface area (Å²) in [6, 6.07) is 6.35. The van der Waals surface area contributed by atoms with Crippen LogP contribution >= 0.6 is 0 Å². The number of ether oxygens (including phenoxy) is 2. The zero-order chi connectivity index (χ0) is 27.4. The van der Waals surface area contributed by atoms with Crippen LogP contribution in [0.4, 0.5) is 0 Å². The Hall–Kier alpha value is -3.30. The molecule has 9 nitrogen and oxygen atoms in total. The lowest BCUT2D eigenvalue weighted by Gasteiger charge is -2.19. The highest BCUT2D eigenvalue weighted by Crippen LogP contribution is 2.17. The van der Waals surface area contributed by atoms with E-state index in [1.54, 1.807) is 30.5 Å². The molecule has 9 heteroatoms. The number of nitrogens with zero attached hydrogens (tertiary/aromatic N) is 2. The van der Waals surface area contributed by atoms with Gasteiger partial charge in [-0.25, -0.2) is 0 Å². The number of aromatic nitrogens is 2. The van der Waals surface area contributed by atoms with E-state index in [4.69, 9.17) is 9.47 Å². The maximum atomic E-state index is 12.8. The Morgan fingerprint density at radius 2 is 1.51 bits per heavy atom. The van der Waals surface area contributed by atoms with Crippen molar-refractivity contribution in [2.45, 2.75) is 53.5 Å². The Bertz CT molecular complexity index is 1050. The predicted octanol–water partition coefficient (Wildman–Crippen LogP) is 3.71. The monoisotopic (exact) mass is 511 g/mol. The third kappa shape index (κ3) is 10.3. The number of rotatable bonds is 16. The van der Waals surface area contributed by atoms with E-state index in [2.05, 4.69) is 15.3 Å². The van der Waals surface area contributed by atoms with Gasteiger partial charge in [0, 0.05) is 42.6 Å². The molecule has 0 aromatic carbocycles. The summed E-state index contributed by atoms with van der Waals surface area (Å²) in [6.45, 7) is 9.65.